The van der Waals surface area contributed by atoms with Crippen LogP contribution in [0.4, 0.5) is 10.1 Å². The number of carbonyl (C=O) groups is 2. The quantitative estimate of drug-likeness (QED) is 0.787. The average molecular weight is 295 g/mol. The topological polar surface area (TPSA) is 84.7 Å². The van der Waals surface area contributed by atoms with Gasteiger partial charge in [-0.25, -0.2) is 4.39 Å². The summed E-state index contributed by atoms with van der Waals surface area (Å²) in [6, 6.07) is 4.05. The summed E-state index contributed by atoms with van der Waals surface area (Å²) in [6.07, 6.45) is 0.195. The minimum atomic E-state index is -0.632. The summed E-state index contributed by atoms with van der Waals surface area (Å²) in [6.45, 7) is 2.41. The van der Waals surface area contributed by atoms with E-state index in [2.05, 4.69) is 5.32 Å². The van der Waals surface area contributed by atoms with E-state index in [4.69, 9.17) is 10.5 Å². The highest BCUT2D eigenvalue weighted by Gasteiger charge is 2.17. The minimum absolute atomic E-state index is 0.0363. The molecule has 0 radical (unpaired) electrons. The molecule has 1 aromatic carbocycles. The summed E-state index contributed by atoms with van der Waals surface area (Å²) in [7, 11) is 0. The summed E-state index contributed by atoms with van der Waals surface area (Å²) in [5, 5.41) is 2.57. The van der Waals surface area contributed by atoms with Crippen LogP contribution in [0.1, 0.15) is 16.8 Å². The highest BCUT2D eigenvalue weighted by atomic mass is 19.1. The second-order valence-electron chi connectivity index (χ2n) is 4.70. The number of rotatable bonds is 4. The van der Waals surface area contributed by atoms with Crippen molar-refractivity contribution in [3.8, 4) is 0 Å². The van der Waals surface area contributed by atoms with Crippen LogP contribution >= 0.6 is 0 Å². The van der Waals surface area contributed by atoms with Crippen LogP contribution < -0.4 is 11.1 Å². The van der Waals surface area contributed by atoms with Crippen molar-refractivity contribution >= 4 is 17.5 Å². The predicted molar refractivity (Wildman–Crippen MR) is 75.2 cm³/mol. The molecule has 0 atom stereocenters. The van der Waals surface area contributed by atoms with Crippen LogP contribution in [0, 0.1) is 5.82 Å². The fraction of sp³-hybridized carbons (Fsp3) is 0.429. The Bertz CT molecular complexity index is 530. The SMILES string of the molecule is Nc1c(F)cccc1C(=O)NCCC(=O)N1CCOCC1. The zero-order chi connectivity index (χ0) is 15.2. The Hall–Kier alpha value is -2.15. The smallest absolute Gasteiger partial charge is 0.253 e. The predicted octanol–water partition coefficient (Wildman–Crippen LogP) is 0.387. The Balaban J connectivity index is 1.81. The summed E-state index contributed by atoms with van der Waals surface area (Å²) in [4.78, 5) is 25.4. The van der Waals surface area contributed by atoms with E-state index in [1.54, 1.807) is 4.90 Å². The first kappa shape index (κ1) is 15.2. The van der Waals surface area contributed by atoms with E-state index in [1.165, 1.54) is 18.2 Å². The van der Waals surface area contributed by atoms with Crippen molar-refractivity contribution in [2.24, 2.45) is 0 Å². The number of benzene rings is 1. The maximum atomic E-state index is 13.3. The van der Waals surface area contributed by atoms with Crippen molar-refractivity contribution in [3.63, 3.8) is 0 Å². The van der Waals surface area contributed by atoms with Crippen LogP contribution in [0.25, 0.3) is 0 Å². The van der Waals surface area contributed by atoms with Crippen LogP contribution in [0.15, 0.2) is 18.2 Å². The molecule has 2 rings (SSSR count). The number of para-hydroxylation sites is 1. The molecule has 21 heavy (non-hydrogen) atoms. The van der Waals surface area contributed by atoms with E-state index in [1.807, 2.05) is 0 Å². The zero-order valence-electron chi connectivity index (χ0n) is 11.6. The van der Waals surface area contributed by atoms with Gasteiger partial charge in [0.1, 0.15) is 5.82 Å². The van der Waals surface area contributed by atoms with E-state index < -0.39 is 11.7 Å². The Labute approximate surface area is 122 Å². The van der Waals surface area contributed by atoms with Crippen LogP contribution in [0.3, 0.4) is 0 Å². The highest BCUT2D eigenvalue weighted by Crippen LogP contribution is 2.15. The van der Waals surface area contributed by atoms with Gasteiger partial charge < -0.3 is 20.7 Å². The number of hydrogen-bond donors (Lipinski definition) is 2. The third-order valence-electron chi connectivity index (χ3n) is 3.29. The van der Waals surface area contributed by atoms with E-state index in [-0.39, 0.29) is 30.1 Å². The van der Waals surface area contributed by atoms with Gasteiger partial charge in [-0.05, 0) is 12.1 Å². The summed E-state index contributed by atoms with van der Waals surface area (Å²) >= 11 is 0. The van der Waals surface area contributed by atoms with Crippen molar-refractivity contribution in [1.29, 1.82) is 0 Å². The molecule has 0 unspecified atom stereocenters. The maximum absolute atomic E-state index is 13.3. The van der Waals surface area contributed by atoms with Gasteiger partial charge in [0.05, 0.1) is 24.5 Å². The van der Waals surface area contributed by atoms with E-state index in [9.17, 15) is 14.0 Å². The Kier molecular flexibility index (Phi) is 5.10. The third-order valence-corrected chi connectivity index (χ3v) is 3.29. The molecule has 1 aliphatic heterocycles. The Morgan fingerprint density at radius 3 is 2.76 bits per heavy atom. The number of nitrogens with zero attached hydrogens (tertiary/aromatic N) is 1. The number of nitrogens with two attached hydrogens (primary N) is 1. The summed E-state index contributed by atoms with van der Waals surface area (Å²) in [5.74, 6) is -1.15. The standard InChI is InChI=1S/C14H18FN3O3/c15-11-3-1-2-10(13(11)16)14(20)17-5-4-12(19)18-6-8-21-9-7-18/h1-3H,4-9,16H2,(H,17,20). The number of nitrogen functional groups attached to an aromatic ring is 1. The number of nitrogens with one attached hydrogen (secondary N) is 1. The molecule has 0 aromatic heterocycles. The fourth-order valence-electron chi connectivity index (χ4n) is 2.08. The molecule has 0 spiro atoms. The van der Waals surface area contributed by atoms with Gasteiger partial charge in [-0.15, -0.1) is 0 Å². The molecule has 0 saturated carbocycles. The van der Waals surface area contributed by atoms with Gasteiger partial charge in [0.25, 0.3) is 5.91 Å². The number of amides is 2. The molecule has 7 heteroatoms. The molecule has 114 valence electrons. The van der Waals surface area contributed by atoms with E-state index >= 15 is 0 Å². The molecule has 2 amide bonds. The first-order valence-corrected chi connectivity index (χ1v) is 6.77. The first-order chi connectivity index (χ1) is 10.1. The minimum Gasteiger partial charge on any atom is -0.396 e. The first-order valence-electron chi connectivity index (χ1n) is 6.77. The van der Waals surface area contributed by atoms with E-state index in [0.29, 0.717) is 26.3 Å². The molecule has 1 fully saturated rings. The summed E-state index contributed by atoms with van der Waals surface area (Å²) < 4.78 is 18.4. The Morgan fingerprint density at radius 1 is 1.33 bits per heavy atom. The van der Waals surface area contributed by atoms with Crippen molar-refractivity contribution in [3.05, 3.63) is 29.6 Å². The van der Waals surface area contributed by atoms with Gasteiger partial charge in [-0.2, -0.15) is 0 Å². The van der Waals surface area contributed by atoms with Crippen molar-refractivity contribution in [1.82, 2.24) is 10.2 Å². The molecule has 1 aromatic rings. The lowest BCUT2D eigenvalue weighted by molar-refractivity contribution is -0.135. The lowest BCUT2D eigenvalue weighted by Crippen LogP contribution is -2.42. The van der Waals surface area contributed by atoms with E-state index in [0.717, 1.165) is 0 Å². The molecule has 1 saturated heterocycles. The van der Waals surface area contributed by atoms with Crippen molar-refractivity contribution in [2.45, 2.75) is 6.42 Å². The van der Waals surface area contributed by atoms with Crippen LogP contribution in [-0.2, 0) is 9.53 Å². The number of anilines is 1. The van der Waals surface area contributed by atoms with Gasteiger partial charge in [0, 0.05) is 26.1 Å². The second kappa shape index (κ2) is 7.03. The number of morpholine rings is 1. The molecule has 1 heterocycles. The van der Waals surface area contributed by atoms with Gasteiger partial charge >= 0.3 is 0 Å². The van der Waals surface area contributed by atoms with Crippen molar-refractivity contribution in [2.75, 3.05) is 38.6 Å². The molecule has 0 bridgehead atoms. The fourth-order valence-corrected chi connectivity index (χ4v) is 2.08. The zero-order valence-corrected chi connectivity index (χ0v) is 11.6. The lowest BCUT2D eigenvalue weighted by atomic mass is 10.1. The second-order valence-corrected chi connectivity index (χ2v) is 4.70. The summed E-state index contributed by atoms with van der Waals surface area (Å²) in [5.41, 5.74) is 5.40. The van der Waals surface area contributed by atoms with Gasteiger partial charge in [0.15, 0.2) is 0 Å². The largest absolute Gasteiger partial charge is 0.396 e. The highest BCUT2D eigenvalue weighted by molar-refractivity contribution is 5.99. The molecular formula is C14H18FN3O3. The number of carbonyl (C=O) groups excluding carboxylic acids is 2. The molecule has 6 nitrogen and oxygen atoms in total. The third kappa shape index (κ3) is 3.91. The van der Waals surface area contributed by atoms with Gasteiger partial charge in [-0.1, -0.05) is 6.07 Å². The van der Waals surface area contributed by atoms with Crippen LogP contribution in [0.5, 0.6) is 0 Å². The van der Waals surface area contributed by atoms with Crippen molar-refractivity contribution < 1.29 is 18.7 Å². The number of hydrogen-bond acceptors (Lipinski definition) is 4. The maximum Gasteiger partial charge on any atom is 0.253 e. The average Bonchev–Trinajstić information content (AvgIpc) is 2.50. The van der Waals surface area contributed by atoms with Crippen LogP contribution in [-0.4, -0.2) is 49.6 Å². The van der Waals surface area contributed by atoms with Gasteiger partial charge in [-0.3, -0.25) is 9.59 Å². The molecular weight excluding hydrogens is 277 g/mol. The Morgan fingerprint density at radius 2 is 2.05 bits per heavy atom. The lowest BCUT2D eigenvalue weighted by Gasteiger charge is -2.26. The number of ether oxygens (including phenoxy) is 1. The molecule has 0 aliphatic carbocycles. The molecule has 3 N–H and O–H groups in total. The van der Waals surface area contributed by atoms with Crippen LogP contribution in [0.2, 0.25) is 0 Å². The monoisotopic (exact) mass is 295 g/mol. The van der Waals surface area contributed by atoms with Gasteiger partial charge in [0.2, 0.25) is 5.91 Å². The number of halogens is 1. The molecule has 1 aliphatic rings. The normalized spacial score (nSPS) is 14.8.